The van der Waals surface area contributed by atoms with Gasteiger partial charge in [0.2, 0.25) is 0 Å². The summed E-state index contributed by atoms with van der Waals surface area (Å²) in [7, 11) is 0. The summed E-state index contributed by atoms with van der Waals surface area (Å²) in [6.45, 7) is 0. The molecule has 0 N–H and O–H groups in total. The molecule has 0 aliphatic rings. The van der Waals surface area contributed by atoms with Crippen molar-refractivity contribution >= 4 is 33.3 Å². The topological polar surface area (TPSA) is 57.2 Å². The monoisotopic (exact) mass is 261 g/mol. The molecule has 0 heterocycles. The van der Waals surface area contributed by atoms with E-state index in [1.165, 1.54) is 0 Å². The maximum absolute atomic E-state index is 10.5. The van der Waals surface area contributed by atoms with Crippen molar-refractivity contribution in [3.63, 3.8) is 0 Å². The van der Waals surface area contributed by atoms with Crippen LogP contribution in [0.1, 0.15) is 15.9 Å². The number of rotatable bonds is 3. The van der Waals surface area contributed by atoms with Crippen LogP contribution in [0.3, 0.4) is 0 Å². The van der Waals surface area contributed by atoms with Crippen LogP contribution in [0.25, 0.3) is 0 Å². The molecule has 1 aromatic rings. The van der Waals surface area contributed by atoms with E-state index in [0.717, 1.165) is 4.47 Å². The van der Waals surface area contributed by atoms with E-state index in [2.05, 4.69) is 15.9 Å². The largest absolute Gasteiger partial charge is 0.772 e. The van der Waals surface area contributed by atoms with Gasteiger partial charge in [-0.1, -0.05) is 33.1 Å². The Labute approximate surface area is 86.6 Å². The molecular formula is C8H6BrO3S-. The Kier molecular flexibility index (Phi) is 3.77. The second-order valence-electron chi connectivity index (χ2n) is 2.41. The number of aldehydes is 1. The first-order chi connectivity index (χ1) is 6.13. The lowest BCUT2D eigenvalue weighted by atomic mass is 10.1. The molecule has 0 fully saturated rings. The second kappa shape index (κ2) is 4.64. The third-order valence-electron chi connectivity index (χ3n) is 1.51. The Morgan fingerprint density at radius 3 is 2.77 bits per heavy atom. The van der Waals surface area contributed by atoms with Gasteiger partial charge in [-0.05, 0) is 17.7 Å². The van der Waals surface area contributed by atoms with Crippen LogP contribution in [-0.4, -0.2) is 15.0 Å². The zero-order valence-corrected chi connectivity index (χ0v) is 8.93. The molecule has 0 saturated carbocycles. The highest BCUT2D eigenvalue weighted by molar-refractivity contribution is 9.10. The molecule has 0 saturated heterocycles. The van der Waals surface area contributed by atoms with Crippen molar-refractivity contribution in [2.24, 2.45) is 0 Å². The molecule has 0 radical (unpaired) electrons. The average molecular weight is 262 g/mol. The summed E-state index contributed by atoms with van der Waals surface area (Å²) < 4.78 is 21.6. The summed E-state index contributed by atoms with van der Waals surface area (Å²) in [6, 6.07) is 4.90. The lowest BCUT2D eigenvalue weighted by Gasteiger charge is -2.07. The van der Waals surface area contributed by atoms with Gasteiger partial charge in [0.25, 0.3) is 0 Å². The highest BCUT2D eigenvalue weighted by Gasteiger charge is 2.01. The molecule has 13 heavy (non-hydrogen) atoms. The van der Waals surface area contributed by atoms with Crippen LogP contribution in [0, 0.1) is 0 Å². The Balaban J connectivity index is 3.07. The average Bonchev–Trinajstić information content (AvgIpc) is 2.03. The molecule has 5 heteroatoms. The third kappa shape index (κ3) is 3.02. The van der Waals surface area contributed by atoms with Crippen LogP contribution in [-0.2, 0) is 16.8 Å². The molecule has 0 bridgehead atoms. The van der Waals surface area contributed by atoms with Gasteiger partial charge in [0.15, 0.2) is 0 Å². The van der Waals surface area contributed by atoms with E-state index in [1.807, 2.05) is 0 Å². The maximum Gasteiger partial charge on any atom is 0.150 e. The summed E-state index contributed by atoms with van der Waals surface area (Å²) in [6.07, 6.45) is 0.647. The minimum absolute atomic E-state index is 0.131. The number of hydrogen-bond donors (Lipinski definition) is 0. The minimum Gasteiger partial charge on any atom is -0.772 e. The molecular weight excluding hydrogens is 256 g/mol. The van der Waals surface area contributed by atoms with E-state index in [0.29, 0.717) is 17.4 Å². The normalized spacial score (nSPS) is 12.5. The van der Waals surface area contributed by atoms with Crippen molar-refractivity contribution < 1.29 is 13.6 Å². The standard InChI is InChI=1S/C8H7BrO3S/c9-8-2-1-6(4-10)7(3-8)5-13(11)12/h1-4H,5H2,(H,11,12)/p-1. The number of hydrogen-bond acceptors (Lipinski definition) is 3. The molecule has 0 aromatic heterocycles. The molecule has 1 rings (SSSR count). The van der Waals surface area contributed by atoms with Crippen LogP contribution >= 0.6 is 15.9 Å². The Morgan fingerprint density at radius 1 is 1.54 bits per heavy atom. The van der Waals surface area contributed by atoms with Crippen LogP contribution in [0.15, 0.2) is 22.7 Å². The first-order valence-corrected chi connectivity index (χ1v) is 5.46. The summed E-state index contributed by atoms with van der Waals surface area (Å²) in [4.78, 5) is 10.5. The van der Waals surface area contributed by atoms with Crippen LogP contribution in [0.2, 0.25) is 0 Å². The van der Waals surface area contributed by atoms with Gasteiger partial charge in [0.05, 0.1) is 0 Å². The Bertz CT molecular complexity index is 351. The van der Waals surface area contributed by atoms with E-state index in [-0.39, 0.29) is 5.75 Å². The fourth-order valence-corrected chi connectivity index (χ4v) is 1.85. The zero-order valence-electron chi connectivity index (χ0n) is 6.53. The van der Waals surface area contributed by atoms with Gasteiger partial charge < -0.3 is 4.55 Å². The van der Waals surface area contributed by atoms with Crippen molar-refractivity contribution in [3.05, 3.63) is 33.8 Å². The Morgan fingerprint density at radius 2 is 2.23 bits per heavy atom. The SMILES string of the molecule is O=Cc1ccc(Br)cc1CS(=O)[O-]. The van der Waals surface area contributed by atoms with Crippen LogP contribution < -0.4 is 0 Å². The maximum atomic E-state index is 10.5. The smallest absolute Gasteiger partial charge is 0.150 e. The molecule has 70 valence electrons. The summed E-state index contributed by atoms with van der Waals surface area (Å²) in [5, 5.41) is 0. The molecule has 0 amide bonds. The highest BCUT2D eigenvalue weighted by Crippen LogP contribution is 2.16. The van der Waals surface area contributed by atoms with Crippen LogP contribution in [0.4, 0.5) is 0 Å². The number of carbonyl (C=O) groups excluding carboxylic acids is 1. The van der Waals surface area contributed by atoms with E-state index in [9.17, 15) is 13.6 Å². The molecule has 1 atom stereocenters. The Hall–Kier alpha value is -0.520. The van der Waals surface area contributed by atoms with Crippen molar-refractivity contribution in [1.29, 1.82) is 0 Å². The van der Waals surface area contributed by atoms with Crippen molar-refractivity contribution in [2.45, 2.75) is 5.75 Å². The fourth-order valence-electron chi connectivity index (χ4n) is 0.941. The molecule has 0 aliphatic carbocycles. The summed E-state index contributed by atoms with van der Waals surface area (Å²) >= 11 is 1.03. The first-order valence-electron chi connectivity index (χ1n) is 3.43. The van der Waals surface area contributed by atoms with E-state index in [1.54, 1.807) is 18.2 Å². The van der Waals surface area contributed by atoms with Gasteiger partial charge in [0, 0.05) is 15.8 Å². The summed E-state index contributed by atoms with van der Waals surface area (Å²) in [5.74, 6) is -0.131. The van der Waals surface area contributed by atoms with Gasteiger partial charge >= 0.3 is 0 Å². The highest BCUT2D eigenvalue weighted by atomic mass is 79.9. The minimum atomic E-state index is -2.17. The lowest BCUT2D eigenvalue weighted by Crippen LogP contribution is -1.98. The fraction of sp³-hybridized carbons (Fsp3) is 0.125. The van der Waals surface area contributed by atoms with Gasteiger partial charge in [0.1, 0.15) is 6.29 Å². The quantitative estimate of drug-likeness (QED) is 0.614. The van der Waals surface area contributed by atoms with Gasteiger partial charge in [-0.2, -0.15) is 0 Å². The predicted molar refractivity (Wildman–Crippen MR) is 52.2 cm³/mol. The number of benzene rings is 1. The molecule has 0 aliphatic heterocycles. The molecule has 1 unspecified atom stereocenters. The molecule has 3 nitrogen and oxygen atoms in total. The van der Waals surface area contributed by atoms with Crippen molar-refractivity contribution in [2.75, 3.05) is 0 Å². The second-order valence-corrected chi connectivity index (χ2v) is 4.22. The third-order valence-corrected chi connectivity index (χ3v) is 2.55. The zero-order chi connectivity index (χ0) is 9.84. The van der Waals surface area contributed by atoms with E-state index in [4.69, 9.17) is 0 Å². The van der Waals surface area contributed by atoms with E-state index < -0.39 is 11.1 Å². The number of halogens is 1. The molecule has 0 spiro atoms. The van der Waals surface area contributed by atoms with Gasteiger partial charge in [-0.3, -0.25) is 9.00 Å². The van der Waals surface area contributed by atoms with Gasteiger partial charge in [-0.15, -0.1) is 0 Å². The van der Waals surface area contributed by atoms with Crippen LogP contribution in [0.5, 0.6) is 0 Å². The predicted octanol–water partition coefficient (Wildman–Crippen LogP) is 1.64. The van der Waals surface area contributed by atoms with E-state index >= 15 is 0 Å². The van der Waals surface area contributed by atoms with Crippen molar-refractivity contribution in [1.82, 2.24) is 0 Å². The van der Waals surface area contributed by atoms with Crippen molar-refractivity contribution in [3.8, 4) is 0 Å². The lowest BCUT2D eigenvalue weighted by molar-refractivity contribution is 0.112. The first kappa shape index (κ1) is 10.6. The van der Waals surface area contributed by atoms with Gasteiger partial charge in [-0.25, -0.2) is 0 Å². The number of carbonyl (C=O) groups is 1. The summed E-state index contributed by atoms with van der Waals surface area (Å²) in [5.41, 5.74) is 0.921. The molecule has 1 aromatic carbocycles.